The fourth-order valence-electron chi connectivity index (χ4n) is 4.91. The van der Waals surface area contributed by atoms with Crippen molar-refractivity contribution in [1.82, 2.24) is 19.7 Å². The molecule has 6 rings (SSSR count). The number of aliphatic hydroxyl groups is 1. The van der Waals surface area contributed by atoms with Crippen LogP contribution in [0.15, 0.2) is 91.4 Å². The molecular formula is C31H26FN5O3. The summed E-state index contributed by atoms with van der Waals surface area (Å²) < 4.78 is 20.4. The van der Waals surface area contributed by atoms with E-state index < -0.39 is 18.4 Å². The number of rotatable bonds is 6. The molecule has 0 aliphatic rings. The number of fused-ring (bicyclic) bond motifs is 2. The molecule has 0 unspecified atom stereocenters. The zero-order valence-corrected chi connectivity index (χ0v) is 21.6. The third-order valence-corrected chi connectivity index (χ3v) is 6.91. The maximum Gasteiger partial charge on any atom is 0.435 e. The Morgan fingerprint density at radius 2 is 1.93 bits per heavy atom. The lowest BCUT2D eigenvalue weighted by Gasteiger charge is -2.22. The molecule has 1 atom stereocenters. The van der Waals surface area contributed by atoms with Crippen molar-refractivity contribution in [2.45, 2.75) is 19.1 Å². The number of aromatic nitrogens is 4. The number of hydrogen-bond donors (Lipinski definition) is 3. The highest BCUT2D eigenvalue weighted by Gasteiger charge is 2.26. The van der Waals surface area contributed by atoms with Crippen molar-refractivity contribution >= 4 is 27.9 Å². The van der Waals surface area contributed by atoms with Crippen LogP contribution in [0.3, 0.4) is 0 Å². The molecule has 40 heavy (non-hydrogen) atoms. The fraction of sp³-hybridized carbons (Fsp3) is 0.129. The maximum absolute atomic E-state index is 13.9. The zero-order chi connectivity index (χ0) is 27.9. The van der Waals surface area contributed by atoms with Crippen LogP contribution in [0.5, 0.6) is 0 Å². The second kappa shape index (κ2) is 10.0. The van der Waals surface area contributed by atoms with E-state index in [9.17, 15) is 14.3 Å². The first-order valence-corrected chi connectivity index (χ1v) is 12.7. The third kappa shape index (κ3) is 4.84. The monoisotopic (exact) mass is 535 g/mol. The lowest BCUT2D eigenvalue weighted by Crippen LogP contribution is -2.47. The van der Waals surface area contributed by atoms with Crippen LogP contribution in [0.25, 0.3) is 44.2 Å². The zero-order valence-electron chi connectivity index (χ0n) is 21.6. The number of aryl methyl sites for hydroxylation is 1. The van der Waals surface area contributed by atoms with E-state index in [1.165, 1.54) is 6.07 Å². The Labute approximate surface area is 228 Å². The van der Waals surface area contributed by atoms with Gasteiger partial charge in [0.25, 0.3) is 0 Å². The van der Waals surface area contributed by atoms with Crippen LogP contribution in [-0.4, -0.2) is 43.3 Å². The summed E-state index contributed by atoms with van der Waals surface area (Å²) >= 11 is 0. The summed E-state index contributed by atoms with van der Waals surface area (Å²) in [5.74, 6) is -0.270. The van der Waals surface area contributed by atoms with Crippen molar-refractivity contribution < 1.29 is 19.0 Å². The molecule has 0 aliphatic heterocycles. The molecule has 0 spiro atoms. The van der Waals surface area contributed by atoms with Crippen molar-refractivity contribution in [3.63, 3.8) is 0 Å². The standard InChI is InChI=1S/C31H26FN5O3/c1-19-13-21(8-10-26(19)32)29-25(6-4-12-34-29)20-9-11-28-22(14-20)17-36-37(28)30(38)40-18-31(33,39)15-23-16-35-27-7-3-2-5-24(23)27/h2-14,16-17,35,39H,15,18,33H2,1H3/t31-/m0/s1. The predicted molar refractivity (Wildman–Crippen MR) is 151 cm³/mol. The SMILES string of the molecule is Cc1cc(-c2ncccc2-c2ccc3c(cnn3C(=O)OC[C@@](N)(O)Cc3c[nH]c4ccccc34)c2)ccc1F. The smallest absolute Gasteiger partial charge is 0.435 e. The van der Waals surface area contributed by atoms with E-state index in [0.29, 0.717) is 22.2 Å². The fourth-order valence-corrected chi connectivity index (χ4v) is 4.91. The number of benzene rings is 3. The predicted octanol–water partition coefficient (Wildman–Crippen LogP) is 5.57. The van der Waals surface area contributed by atoms with Gasteiger partial charge in [-0.05, 0) is 66.1 Å². The van der Waals surface area contributed by atoms with Gasteiger partial charge in [0.1, 0.15) is 12.4 Å². The number of para-hydroxylation sites is 1. The van der Waals surface area contributed by atoms with Gasteiger partial charge in [-0.1, -0.05) is 30.3 Å². The van der Waals surface area contributed by atoms with Crippen molar-refractivity contribution in [1.29, 1.82) is 0 Å². The van der Waals surface area contributed by atoms with Crippen molar-refractivity contribution in [2.75, 3.05) is 6.61 Å². The van der Waals surface area contributed by atoms with E-state index in [1.807, 2.05) is 48.5 Å². The van der Waals surface area contributed by atoms with Gasteiger partial charge in [-0.25, -0.2) is 9.18 Å². The Morgan fingerprint density at radius 3 is 2.77 bits per heavy atom. The second-order valence-corrected chi connectivity index (χ2v) is 9.89. The molecule has 3 aromatic carbocycles. The number of nitrogens with one attached hydrogen (secondary N) is 1. The van der Waals surface area contributed by atoms with Gasteiger partial charge in [0, 0.05) is 46.2 Å². The van der Waals surface area contributed by atoms with E-state index in [0.717, 1.165) is 37.8 Å². The summed E-state index contributed by atoms with van der Waals surface area (Å²) in [6.45, 7) is 1.30. The summed E-state index contributed by atoms with van der Waals surface area (Å²) in [5, 5.41) is 16.6. The van der Waals surface area contributed by atoms with E-state index in [2.05, 4.69) is 15.1 Å². The van der Waals surface area contributed by atoms with Gasteiger partial charge >= 0.3 is 6.09 Å². The second-order valence-electron chi connectivity index (χ2n) is 9.89. The lowest BCUT2D eigenvalue weighted by molar-refractivity contribution is -0.0165. The Kier molecular flexibility index (Phi) is 6.37. The molecule has 3 aromatic heterocycles. The molecule has 9 heteroatoms. The minimum absolute atomic E-state index is 0.0918. The number of aromatic amines is 1. The molecule has 0 saturated heterocycles. The Balaban J connectivity index is 1.21. The lowest BCUT2D eigenvalue weighted by atomic mass is 9.97. The van der Waals surface area contributed by atoms with Gasteiger partial charge in [0.15, 0.2) is 5.72 Å². The van der Waals surface area contributed by atoms with Gasteiger partial charge in [0.05, 0.1) is 17.4 Å². The highest BCUT2D eigenvalue weighted by atomic mass is 19.1. The summed E-state index contributed by atoms with van der Waals surface area (Å²) in [6, 6.07) is 21.9. The number of hydrogen-bond acceptors (Lipinski definition) is 6. The van der Waals surface area contributed by atoms with Crippen LogP contribution in [0, 0.1) is 12.7 Å². The molecule has 0 saturated carbocycles. The van der Waals surface area contributed by atoms with Crippen LogP contribution in [0.1, 0.15) is 11.1 Å². The van der Waals surface area contributed by atoms with Crippen LogP contribution in [0.4, 0.5) is 9.18 Å². The molecule has 0 amide bonds. The van der Waals surface area contributed by atoms with Crippen molar-refractivity contribution in [3.05, 3.63) is 108 Å². The number of nitrogens with zero attached hydrogens (tertiary/aromatic N) is 3. The Morgan fingerprint density at radius 1 is 1.10 bits per heavy atom. The molecule has 6 aromatic rings. The molecular weight excluding hydrogens is 509 g/mol. The van der Waals surface area contributed by atoms with Crippen LogP contribution >= 0.6 is 0 Å². The average molecular weight is 536 g/mol. The number of carbonyl (C=O) groups is 1. The van der Waals surface area contributed by atoms with Crippen LogP contribution in [0.2, 0.25) is 0 Å². The van der Waals surface area contributed by atoms with Crippen molar-refractivity contribution in [2.24, 2.45) is 5.73 Å². The minimum Gasteiger partial charge on any atom is -0.443 e. The first-order valence-electron chi connectivity index (χ1n) is 12.7. The molecule has 8 nitrogen and oxygen atoms in total. The van der Waals surface area contributed by atoms with Gasteiger partial charge < -0.3 is 20.6 Å². The third-order valence-electron chi connectivity index (χ3n) is 6.91. The summed E-state index contributed by atoms with van der Waals surface area (Å²) in [5.41, 5.74) is 10.4. The molecule has 200 valence electrons. The number of H-pyrrole nitrogens is 1. The van der Waals surface area contributed by atoms with E-state index in [1.54, 1.807) is 43.7 Å². The number of pyridine rings is 1. The molecule has 0 radical (unpaired) electrons. The molecule has 3 heterocycles. The van der Waals surface area contributed by atoms with Gasteiger partial charge in [0.2, 0.25) is 0 Å². The minimum atomic E-state index is -1.77. The van der Waals surface area contributed by atoms with E-state index >= 15 is 0 Å². The number of ether oxygens (including phenoxy) is 1. The van der Waals surface area contributed by atoms with Gasteiger partial charge in [-0.3, -0.25) is 4.98 Å². The van der Waals surface area contributed by atoms with Gasteiger partial charge in [-0.15, -0.1) is 0 Å². The molecule has 0 fully saturated rings. The van der Waals surface area contributed by atoms with Gasteiger partial charge in [-0.2, -0.15) is 9.78 Å². The summed E-state index contributed by atoms with van der Waals surface area (Å²) in [6.07, 6.45) is 4.39. The number of nitrogens with two attached hydrogens (primary N) is 1. The first kappa shape index (κ1) is 25.4. The average Bonchev–Trinajstić information content (AvgIpc) is 3.57. The number of halogens is 1. The summed E-state index contributed by atoms with van der Waals surface area (Å²) in [7, 11) is 0. The normalized spacial score (nSPS) is 13.0. The highest BCUT2D eigenvalue weighted by molar-refractivity contribution is 5.92. The van der Waals surface area contributed by atoms with E-state index in [-0.39, 0.29) is 12.2 Å². The Bertz CT molecular complexity index is 1870. The molecule has 0 bridgehead atoms. The summed E-state index contributed by atoms with van der Waals surface area (Å²) in [4.78, 5) is 20.6. The highest BCUT2D eigenvalue weighted by Crippen LogP contribution is 2.33. The van der Waals surface area contributed by atoms with Crippen LogP contribution in [-0.2, 0) is 11.2 Å². The topological polar surface area (TPSA) is 119 Å². The molecule has 4 N–H and O–H groups in total. The first-order chi connectivity index (χ1) is 19.3. The largest absolute Gasteiger partial charge is 0.443 e. The van der Waals surface area contributed by atoms with Crippen LogP contribution < -0.4 is 5.73 Å². The van der Waals surface area contributed by atoms with E-state index in [4.69, 9.17) is 10.5 Å². The number of carbonyl (C=O) groups excluding carboxylic acids is 1. The maximum atomic E-state index is 13.9. The molecule has 0 aliphatic carbocycles. The van der Waals surface area contributed by atoms with Crippen molar-refractivity contribution in [3.8, 4) is 22.4 Å². The quantitative estimate of drug-likeness (QED) is 0.240. The Hall–Kier alpha value is -4.86.